The van der Waals surface area contributed by atoms with Gasteiger partial charge in [-0.2, -0.15) is 0 Å². The Hall–Kier alpha value is -0.980. The first-order valence-corrected chi connectivity index (χ1v) is 7.03. The topological polar surface area (TPSA) is 26.0 Å². The molecule has 0 bridgehead atoms. The second-order valence-corrected chi connectivity index (χ2v) is 5.69. The van der Waals surface area contributed by atoms with Crippen LogP contribution in [0.1, 0.15) is 69.9 Å². The maximum absolute atomic E-state index is 6.18. The molecule has 0 aromatic heterocycles. The lowest BCUT2D eigenvalue weighted by atomic mass is 9.74. The first-order chi connectivity index (χ1) is 8.14. The fraction of sp³-hybridized carbons (Fsp3) is 0.625. The van der Waals surface area contributed by atoms with E-state index in [2.05, 4.69) is 39.0 Å². The van der Waals surface area contributed by atoms with E-state index in [0.717, 1.165) is 5.69 Å². The molecule has 94 valence electrons. The molecule has 1 heteroatoms. The van der Waals surface area contributed by atoms with Crippen LogP contribution < -0.4 is 5.73 Å². The van der Waals surface area contributed by atoms with Crippen molar-refractivity contribution in [1.29, 1.82) is 0 Å². The van der Waals surface area contributed by atoms with Crippen LogP contribution in [0, 0.1) is 0 Å². The number of hydrogen-bond donors (Lipinski definition) is 1. The van der Waals surface area contributed by atoms with E-state index in [1.807, 2.05) is 0 Å². The van der Waals surface area contributed by atoms with Crippen LogP contribution in [-0.2, 0) is 5.41 Å². The van der Waals surface area contributed by atoms with Crippen molar-refractivity contribution in [3.05, 3.63) is 29.3 Å². The van der Waals surface area contributed by atoms with Crippen molar-refractivity contribution >= 4 is 5.69 Å². The molecule has 1 aromatic carbocycles. The number of anilines is 1. The molecule has 1 atom stereocenters. The average molecular weight is 231 g/mol. The lowest BCUT2D eigenvalue weighted by Gasteiger charge is -2.30. The van der Waals surface area contributed by atoms with Gasteiger partial charge in [0.1, 0.15) is 0 Å². The Balaban J connectivity index is 2.49. The molecule has 1 aliphatic carbocycles. The molecule has 0 aliphatic heterocycles. The van der Waals surface area contributed by atoms with E-state index < -0.39 is 0 Å². The SMILES string of the molecule is CCCC1(CCC)CC(C)c2c(N)cccc21. The smallest absolute Gasteiger partial charge is 0.0352 e. The molecule has 0 saturated heterocycles. The van der Waals surface area contributed by atoms with E-state index in [-0.39, 0.29) is 0 Å². The summed E-state index contributed by atoms with van der Waals surface area (Å²) >= 11 is 0. The van der Waals surface area contributed by atoms with Crippen LogP contribution in [0.3, 0.4) is 0 Å². The quantitative estimate of drug-likeness (QED) is 0.752. The number of hydrogen-bond acceptors (Lipinski definition) is 1. The van der Waals surface area contributed by atoms with Gasteiger partial charge in [0.05, 0.1) is 0 Å². The van der Waals surface area contributed by atoms with Gasteiger partial charge in [0.25, 0.3) is 0 Å². The molecule has 1 aromatic rings. The maximum atomic E-state index is 6.18. The zero-order valence-electron chi connectivity index (χ0n) is 11.4. The fourth-order valence-electron chi connectivity index (χ4n) is 3.95. The molecule has 2 N–H and O–H groups in total. The second-order valence-electron chi connectivity index (χ2n) is 5.69. The standard InChI is InChI=1S/C16H25N/c1-4-9-16(10-5-2)11-12(3)15-13(16)7-6-8-14(15)17/h6-8,12H,4-5,9-11,17H2,1-3H3. The molecule has 1 aliphatic rings. The first kappa shape index (κ1) is 12.5. The third-order valence-electron chi connectivity index (χ3n) is 4.36. The highest BCUT2D eigenvalue weighted by Crippen LogP contribution is 2.52. The van der Waals surface area contributed by atoms with Crippen LogP contribution >= 0.6 is 0 Å². The Kier molecular flexibility index (Phi) is 3.46. The summed E-state index contributed by atoms with van der Waals surface area (Å²) < 4.78 is 0. The van der Waals surface area contributed by atoms with Crippen molar-refractivity contribution in [2.24, 2.45) is 0 Å². The molecule has 0 saturated carbocycles. The Bertz CT molecular complexity index is 389. The van der Waals surface area contributed by atoms with E-state index >= 15 is 0 Å². The van der Waals surface area contributed by atoms with Crippen LogP contribution in [0.5, 0.6) is 0 Å². The largest absolute Gasteiger partial charge is 0.398 e. The van der Waals surface area contributed by atoms with Crippen molar-refractivity contribution in [1.82, 2.24) is 0 Å². The zero-order chi connectivity index (χ0) is 12.5. The summed E-state index contributed by atoms with van der Waals surface area (Å²) in [6, 6.07) is 6.51. The highest BCUT2D eigenvalue weighted by atomic mass is 14.6. The third-order valence-corrected chi connectivity index (χ3v) is 4.36. The minimum atomic E-state index is 0.410. The lowest BCUT2D eigenvalue weighted by Crippen LogP contribution is -2.22. The molecule has 0 radical (unpaired) electrons. The van der Waals surface area contributed by atoms with Gasteiger partial charge in [-0.25, -0.2) is 0 Å². The van der Waals surface area contributed by atoms with Crippen LogP contribution in [0.2, 0.25) is 0 Å². The van der Waals surface area contributed by atoms with E-state index in [9.17, 15) is 0 Å². The van der Waals surface area contributed by atoms with Gasteiger partial charge in [-0.15, -0.1) is 0 Å². The Labute approximate surface area is 105 Å². The number of nitrogen functional groups attached to an aromatic ring is 1. The van der Waals surface area contributed by atoms with Crippen molar-refractivity contribution in [2.75, 3.05) is 5.73 Å². The van der Waals surface area contributed by atoms with E-state index in [1.54, 1.807) is 5.56 Å². The van der Waals surface area contributed by atoms with E-state index in [1.165, 1.54) is 37.7 Å². The Morgan fingerprint density at radius 2 is 1.88 bits per heavy atom. The van der Waals surface area contributed by atoms with Gasteiger partial charge < -0.3 is 5.73 Å². The summed E-state index contributed by atoms with van der Waals surface area (Å²) in [6.45, 7) is 6.93. The van der Waals surface area contributed by atoms with Gasteiger partial charge in [-0.3, -0.25) is 0 Å². The summed E-state index contributed by atoms with van der Waals surface area (Å²) in [5, 5.41) is 0. The van der Waals surface area contributed by atoms with Gasteiger partial charge in [0.15, 0.2) is 0 Å². The molecule has 17 heavy (non-hydrogen) atoms. The maximum Gasteiger partial charge on any atom is 0.0352 e. The predicted molar refractivity (Wildman–Crippen MR) is 75.4 cm³/mol. The highest BCUT2D eigenvalue weighted by Gasteiger charge is 2.41. The molecule has 0 heterocycles. The molecular formula is C16H25N. The summed E-state index contributed by atoms with van der Waals surface area (Å²) in [5.41, 5.74) is 10.6. The molecular weight excluding hydrogens is 206 g/mol. The number of fused-ring (bicyclic) bond motifs is 1. The minimum Gasteiger partial charge on any atom is -0.398 e. The monoisotopic (exact) mass is 231 g/mol. The van der Waals surface area contributed by atoms with Gasteiger partial charge in [0.2, 0.25) is 0 Å². The fourth-order valence-corrected chi connectivity index (χ4v) is 3.95. The highest BCUT2D eigenvalue weighted by molar-refractivity contribution is 5.58. The number of benzene rings is 1. The lowest BCUT2D eigenvalue weighted by molar-refractivity contribution is 0.341. The molecule has 1 unspecified atom stereocenters. The van der Waals surface area contributed by atoms with Crippen molar-refractivity contribution in [2.45, 2.75) is 64.2 Å². The molecule has 2 rings (SSSR count). The second kappa shape index (κ2) is 4.72. The van der Waals surface area contributed by atoms with Gasteiger partial charge >= 0.3 is 0 Å². The summed E-state index contributed by atoms with van der Waals surface area (Å²) in [6.07, 6.45) is 6.43. The van der Waals surface area contributed by atoms with Gasteiger partial charge in [-0.1, -0.05) is 45.7 Å². The first-order valence-electron chi connectivity index (χ1n) is 7.03. The zero-order valence-corrected chi connectivity index (χ0v) is 11.4. The van der Waals surface area contributed by atoms with Gasteiger partial charge in [-0.05, 0) is 47.8 Å². The van der Waals surface area contributed by atoms with E-state index in [4.69, 9.17) is 5.73 Å². The van der Waals surface area contributed by atoms with Crippen LogP contribution in [0.15, 0.2) is 18.2 Å². The van der Waals surface area contributed by atoms with Crippen LogP contribution in [0.25, 0.3) is 0 Å². The predicted octanol–water partition coefficient (Wildman–Crippen LogP) is 4.61. The summed E-state index contributed by atoms with van der Waals surface area (Å²) in [5.74, 6) is 0.629. The molecule has 0 amide bonds. The van der Waals surface area contributed by atoms with Crippen molar-refractivity contribution in [3.63, 3.8) is 0 Å². The Morgan fingerprint density at radius 3 is 2.47 bits per heavy atom. The summed E-state index contributed by atoms with van der Waals surface area (Å²) in [4.78, 5) is 0. The van der Waals surface area contributed by atoms with Crippen LogP contribution in [-0.4, -0.2) is 0 Å². The van der Waals surface area contributed by atoms with Crippen LogP contribution in [0.4, 0.5) is 5.69 Å². The van der Waals surface area contributed by atoms with Crippen molar-refractivity contribution < 1.29 is 0 Å². The number of nitrogens with two attached hydrogens (primary N) is 1. The van der Waals surface area contributed by atoms with Crippen molar-refractivity contribution in [3.8, 4) is 0 Å². The molecule has 1 nitrogen and oxygen atoms in total. The molecule has 0 spiro atoms. The summed E-state index contributed by atoms with van der Waals surface area (Å²) in [7, 11) is 0. The molecule has 0 fully saturated rings. The normalized spacial score (nSPS) is 21.5. The van der Waals surface area contributed by atoms with E-state index in [0.29, 0.717) is 11.3 Å². The average Bonchev–Trinajstić information content (AvgIpc) is 2.55. The number of rotatable bonds is 4. The van der Waals surface area contributed by atoms with Gasteiger partial charge in [0, 0.05) is 5.69 Å². The third kappa shape index (κ3) is 1.96. The minimum absolute atomic E-state index is 0.410. The Morgan fingerprint density at radius 1 is 1.24 bits per heavy atom.